The quantitative estimate of drug-likeness (QED) is 0.779. The standard InChI is InChI=1S/C14H16N2O4/c1-3-20-13-11(8(2)17)12(15-14(19)16-13)9-6-4-5-7-10(9)18/h4-7,12,18H,3H2,1-2H3,(H2,15,16,19). The first kappa shape index (κ1) is 13.9. The Morgan fingerprint density at radius 3 is 2.70 bits per heavy atom. The normalized spacial score (nSPS) is 18.3. The summed E-state index contributed by atoms with van der Waals surface area (Å²) in [6.45, 7) is 3.47. The van der Waals surface area contributed by atoms with E-state index in [-0.39, 0.29) is 23.0 Å². The van der Waals surface area contributed by atoms with Crippen LogP contribution in [0.3, 0.4) is 0 Å². The molecule has 6 heteroatoms. The predicted octanol–water partition coefficient (Wildman–Crippen LogP) is 1.58. The average Bonchev–Trinajstić information content (AvgIpc) is 2.38. The SMILES string of the molecule is CCOC1=C(C(C)=O)C(c2ccccc2O)NC(=O)N1. The van der Waals surface area contributed by atoms with Crippen LogP contribution in [0.25, 0.3) is 0 Å². The summed E-state index contributed by atoms with van der Waals surface area (Å²) in [5.74, 6) is -0.0968. The molecule has 0 saturated carbocycles. The van der Waals surface area contributed by atoms with Crippen LogP contribution in [0, 0.1) is 0 Å². The summed E-state index contributed by atoms with van der Waals surface area (Å²) < 4.78 is 5.32. The van der Waals surface area contributed by atoms with E-state index in [9.17, 15) is 14.7 Å². The number of benzene rings is 1. The van der Waals surface area contributed by atoms with Crippen molar-refractivity contribution in [2.24, 2.45) is 0 Å². The Balaban J connectivity index is 2.54. The molecule has 106 valence electrons. The topological polar surface area (TPSA) is 87.7 Å². The number of phenols is 1. The molecule has 6 nitrogen and oxygen atoms in total. The second-order valence-corrected chi connectivity index (χ2v) is 4.32. The zero-order valence-electron chi connectivity index (χ0n) is 11.3. The largest absolute Gasteiger partial charge is 0.508 e. The van der Waals surface area contributed by atoms with Crippen LogP contribution in [-0.4, -0.2) is 23.5 Å². The summed E-state index contributed by atoms with van der Waals surface area (Å²) in [7, 11) is 0. The lowest BCUT2D eigenvalue weighted by molar-refractivity contribution is -0.114. The van der Waals surface area contributed by atoms with Gasteiger partial charge in [-0.1, -0.05) is 18.2 Å². The fourth-order valence-corrected chi connectivity index (χ4v) is 2.13. The van der Waals surface area contributed by atoms with E-state index < -0.39 is 12.1 Å². The van der Waals surface area contributed by atoms with Gasteiger partial charge in [0.05, 0.1) is 18.2 Å². The van der Waals surface area contributed by atoms with Gasteiger partial charge in [0.25, 0.3) is 0 Å². The molecule has 1 unspecified atom stereocenters. The third-order valence-corrected chi connectivity index (χ3v) is 2.95. The second kappa shape index (κ2) is 5.64. The van der Waals surface area contributed by atoms with Crippen LogP contribution in [-0.2, 0) is 9.53 Å². The summed E-state index contributed by atoms with van der Waals surface area (Å²) in [5.41, 5.74) is 0.734. The Kier molecular flexibility index (Phi) is 3.93. The molecule has 0 aromatic heterocycles. The maximum Gasteiger partial charge on any atom is 0.322 e. The number of rotatable bonds is 4. The number of hydrogen-bond donors (Lipinski definition) is 3. The highest BCUT2D eigenvalue weighted by Crippen LogP contribution is 2.32. The van der Waals surface area contributed by atoms with E-state index in [1.54, 1.807) is 25.1 Å². The number of aromatic hydroxyl groups is 1. The number of amides is 2. The minimum Gasteiger partial charge on any atom is -0.508 e. The summed E-state index contributed by atoms with van der Waals surface area (Å²) in [4.78, 5) is 23.6. The van der Waals surface area contributed by atoms with Gasteiger partial charge < -0.3 is 15.2 Å². The van der Waals surface area contributed by atoms with Gasteiger partial charge in [-0.3, -0.25) is 10.1 Å². The van der Waals surface area contributed by atoms with Crippen molar-refractivity contribution in [2.75, 3.05) is 6.61 Å². The van der Waals surface area contributed by atoms with Gasteiger partial charge >= 0.3 is 6.03 Å². The first-order valence-electron chi connectivity index (χ1n) is 6.28. The average molecular weight is 276 g/mol. The number of ether oxygens (including phenoxy) is 1. The van der Waals surface area contributed by atoms with Crippen molar-refractivity contribution < 1.29 is 19.4 Å². The maximum atomic E-state index is 11.9. The number of nitrogens with one attached hydrogen (secondary N) is 2. The Labute approximate surface area is 116 Å². The summed E-state index contributed by atoms with van der Waals surface area (Å²) in [5, 5.41) is 15.0. The molecule has 0 radical (unpaired) electrons. The molecule has 1 aromatic carbocycles. The van der Waals surface area contributed by atoms with Crippen molar-refractivity contribution >= 4 is 11.8 Å². The van der Waals surface area contributed by atoms with E-state index in [2.05, 4.69) is 10.6 Å². The van der Waals surface area contributed by atoms with Crippen molar-refractivity contribution in [3.63, 3.8) is 0 Å². The Morgan fingerprint density at radius 2 is 2.10 bits per heavy atom. The van der Waals surface area contributed by atoms with E-state index in [4.69, 9.17) is 4.74 Å². The lowest BCUT2D eigenvalue weighted by Gasteiger charge is -2.28. The molecule has 1 heterocycles. The van der Waals surface area contributed by atoms with Gasteiger partial charge in [0.1, 0.15) is 5.75 Å². The van der Waals surface area contributed by atoms with E-state index in [0.717, 1.165) is 0 Å². The van der Waals surface area contributed by atoms with E-state index in [0.29, 0.717) is 12.2 Å². The van der Waals surface area contributed by atoms with Gasteiger partial charge in [-0.2, -0.15) is 0 Å². The molecule has 3 N–H and O–H groups in total. The van der Waals surface area contributed by atoms with Gasteiger partial charge in [0.2, 0.25) is 5.88 Å². The molecule has 0 fully saturated rings. The van der Waals surface area contributed by atoms with Crippen LogP contribution in [0.2, 0.25) is 0 Å². The highest BCUT2D eigenvalue weighted by molar-refractivity contribution is 5.98. The molecule has 0 spiro atoms. The molecule has 1 aromatic rings. The zero-order chi connectivity index (χ0) is 14.7. The fourth-order valence-electron chi connectivity index (χ4n) is 2.13. The minimum atomic E-state index is -0.732. The number of phenolic OH excluding ortho intramolecular Hbond substituents is 1. The van der Waals surface area contributed by atoms with Gasteiger partial charge in [0, 0.05) is 5.56 Å². The molecule has 0 aliphatic carbocycles. The molecule has 0 saturated heterocycles. The number of carbonyl (C=O) groups is 2. The van der Waals surface area contributed by atoms with Gasteiger partial charge in [-0.15, -0.1) is 0 Å². The Morgan fingerprint density at radius 1 is 1.40 bits per heavy atom. The van der Waals surface area contributed by atoms with Crippen molar-refractivity contribution in [1.82, 2.24) is 10.6 Å². The van der Waals surface area contributed by atoms with Crippen LogP contribution in [0.5, 0.6) is 5.75 Å². The molecular weight excluding hydrogens is 260 g/mol. The molecule has 1 atom stereocenters. The van der Waals surface area contributed by atoms with E-state index in [1.165, 1.54) is 13.0 Å². The van der Waals surface area contributed by atoms with Gasteiger partial charge in [0.15, 0.2) is 5.78 Å². The number of hydrogen-bond acceptors (Lipinski definition) is 4. The zero-order valence-corrected chi connectivity index (χ0v) is 11.3. The van der Waals surface area contributed by atoms with Crippen LogP contribution < -0.4 is 10.6 Å². The predicted molar refractivity (Wildman–Crippen MR) is 71.8 cm³/mol. The highest BCUT2D eigenvalue weighted by atomic mass is 16.5. The van der Waals surface area contributed by atoms with Crippen molar-refractivity contribution in [3.05, 3.63) is 41.3 Å². The monoisotopic (exact) mass is 276 g/mol. The van der Waals surface area contributed by atoms with Crippen LogP contribution in [0.1, 0.15) is 25.5 Å². The summed E-state index contributed by atoms with van der Waals surface area (Å²) >= 11 is 0. The number of para-hydroxylation sites is 1. The third kappa shape index (κ3) is 2.59. The molecule has 1 aliphatic heterocycles. The number of carbonyl (C=O) groups excluding carboxylic acids is 2. The lowest BCUT2D eigenvalue weighted by atomic mass is 9.94. The smallest absolute Gasteiger partial charge is 0.322 e. The second-order valence-electron chi connectivity index (χ2n) is 4.32. The number of ketones is 1. The third-order valence-electron chi connectivity index (χ3n) is 2.95. The number of Topliss-reactive ketones (excluding diaryl/α,β-unsaturated/α-hetero) is 1. The van der Waals surface area contributed by atoms with Crippen LogP contribution in [0.15, 0.2) is 35.7 Å². The van der Waals surface area contributed by atoms with Gasteiger partial charge in [-0.05, 0) is 19.9 Å². The molecule has 2 rings (SSSR count). The molecule has 0 bridgehead atoms. The van der Waals surface area contributed by atoms with E-state index >= 15 is 0 Å². The summed E-state index contributed by atoms with van der Waals surface area (Å²) in [6, 6.07) is 5.33. The maximum absolute atomic E-state index is 11.9. The van der Waals surface area contributed by atoms with Gasteiger partial charge in [-0.25, -0.2) is 4.79 Å². The summed E-state index contributed by atoms with van der Waals surface area (Å²) in [6.07, 6.45) is 0. The highest BCUT2D eigenvalue weighted by Gasteiger charge is 2.33. The van der Waals surface area contributed by atoms with Crippen molar-refractivity contribution in [1.29, 1.82) is 0 Å². The fraction of sp³-hybridized carbons (Fsp3) is 0.286. The molecular formula is C14H16N2O4. The minimum absolute atomic E-state index is 0.00861. The van der Waals surface area contributed by atoms with E-state index in [1.807, 2.05) is 0 Å². The first-order valence-corrected chi connectivity index (χ1v) is 6.28. The number of urea groups is 1. The first-order chi connectivity index (χ1) is 9.54. The van der Waals surface area contributed by atoms with Crippen molar-refractivity contribution in [3.8, 4) is 5.75 Å². The van der Waals surface area contributed by atoms with Crippen LogP contribution >= 0.6 is 0 Å². The lowest BCUT2D eigenvalue weighted by Crippen LogP contribution is -2.46. The molecule has 20 heavy (non-hydrogen) atoms. The Hall–Kier alpha value is -2.50. The van der Waals surface area contributed by atoms with Crippen molar-refractivity contribution in [2.45, 2.75) is 19.9 Å². The molecule has 1 aliphatic rings. The molecule has 2 amide bonds. The Bertz CT molecular complexity index is 580. The van der Waals surface area contributed by atoms with Crippen LogP contribution in [0.4, 0.5) is 4.79 Å².